The summed E-state index contributed by atoms with van der Waals surface area (Å²) in [6, 6.07) is 56.2. The topological polar surface area (TPSA) is 62.5 Å². The maximum atomic E-state index is 9.24. The molecule has 2 unspecified atom stereocenters. The molecule has 0 saturated heterocycles. The molecule has 4 aliphatic carbocycles. The van der Waals surface area contributed by atoms with Crippen molar-refractivity contribution in [2.75, 3.05) is 0 Å². The first-order chi connectivity index (χ1) is 27.0. The van der Waals surface area contributed by atoms with Crippen LogP contribution in [0.25, 0.3) is 56.4 Å². The highest BCUT2D eigenvalue weighted by Gasteiger charge is 2.58. The van der Waals surface area contributed by atoms with E-state index in [-0.39, 0.29) is 10.8 Å². The van der Waals surface area contributed by atoms with Gasteiger partial charge in [-0.2, -0.15) is 5.26 Å². The molecule has 4 aliphatic rings. The van der Waals surface area contributed by atoms with E-state index in [1.807, 2.05) is 48.5 Å². The standard InChI is InChI=1S/C51H42N4/c1-34-12-15-43(27-46(34)49-54-47(41-8-4-2-5-9-41)53-48(55-49)42-10-6-3-7-11-42)40-20-24-45(25-21-40)51-30-36-26-37(31-51)29-50(28-36,33-51)44-22-18-39(19-23-44)38-16-13-35(32-52)14-17-38/h2-25,27,36-37H,26,28-31,33H2,1H3. The summed E-state index contributed by atoms with van der Waals surface area (Å²) >= 11 is 0. The van der Waals surface area contributed by atoms with Crippen molar-refractivity contribution in [3.05, 3.63) is 174 Å². The van der Waals surface area contributed by atoms with E-state index in [9.17, 15) is 5.26 Å². The van der Waals surface area contributed by atoms with Crippen molar-refractivity contribution in [3.63, 3.8) is 0 Å². The molecule has 4 bridgehead atoms. The summed E-state index contributed by atoms with van der Waals surface area (Å²) in [7, 11) is 0. The second-order valence-corrected chi connectivity index (χ2v) is 16.4. The van der Waals surface area contributed by atoms with Crippen LogP contribution in [-0.4, -0.2) is 15.0 Å². The summed E-state index contributed by atoms with van der Waals surface area (Å²) in [5.74, 6) is 3.59. The quantitative estimate of drug-likeness (QED) is 0.165. The van der Waals surface area contributed by atoms with Crippen LogP contribution in [0.5, 0.6) is 0 Å². The number of rotatable bonds is 7. The van der Waals surface area contributed by atoms with Gasteiger partial charge in [0.1, 0.15) is 0 Å². The molecular weight excluding hydrogens is 669 g/mol. The van der Waals surface area contributed by atoms with Gasteiger partial charge < -0.3 is 0 Å². The van der Waals surface area contributed by atoms with Crippen LogP contribution in [0.15, 0.2) is 152 Å². The molecule has 2 atom stereocenters. The zero-order valence-electron chi connectivity index (χ0n) is 31.1. The monoisotopic (exact) mass is 710 g/mol. The number of nitrogens with zero attached hydrogens (tertiary/aromatic N) is 4. The molecule has 0 spiro atoms. The van der Waals surface area contributed by atoms with Crippen molar-refractivity contribution >= 4 is 0 Å². The lowest BCUT2D eigenvalue weighted by atomic mass is 9.41. The van der Waals surface area contributed by atoms with Crippen LogP contribution in [0.3, 0.4) is 0 Å². The number of aromatic nitrogens is 3. The van der Waals surface area contributed by atoms with Crippen LogP contribution >= 0.6 is 0 Å². The Balaban J connectivity index is 0.957. The smallest absolute Gasteiger partial charge is 0.164 e. The zero-order valence-corrected chi connectivity index (χ0v) is 31.1. The van der Waals surface area contributed by atoms with Gasteiger partial charge in [0.25, 0.3) is 0 Å². The third-order valence-corrected chi connectivity index (χ3v) is 12.9. The fourth-order valence-corrected chi connectivity index (χ4v) is 10.7. The average Bonchev–Trinajstić information content (AvgIpc) is 3.24. The molecule has 7 aromatic rings. The van der Waals surface area contributed by atoms with Gasteiger partial charge in [-0.25, -0.2) is 15.0 Å². The van der Waals surface area contributed by atoms with E-state index in [4.69, 9.17) is 15.0 Å². The van der Waals surface area contributed by atoms with E-state index in [2.05, 4.69) is 116 Å². The summed E-state index contributed by atoms with van der Waals surface area (Å²) in [5.41, 5.74) is 13.0. The van der Waals surface area contributed by atoms with Gasteiger partial charge in [0.2, 0.25) is 0 Å². The minimum Gasteiger partial charge on any atom is -0.208 e. The number of benzene rings is 6. The van der Waals surface area contributed by atoms with E-state index >= 15 is 0 Å². The molecular formula is C51H42N4. The van der Waals surface area contributed by atoms with E-state index in [0.717, 1.165) is 39.7 Å². The first-order valence-corrected chi connectivity index (χ1v) is 19.7. The lowest BCUT2D eigenvalue weighted by molar-refractivity contribution is -0.0281. The van der Waals surface area contributed by atoms with Crippen molar-refractivity contribution in [1.82, 2.24) is 15.0 Å². The van der Waals surface area contributed by atoms with Gasteiger partial charge >= 0.3 is 0 Å². The minimum absolute atomic E-state index is 0.222. The number of hydrogen-bond donors (Lipinski definition) is 0. The average molecular weight is 711 g/mol. The molecule has 4 saturated carbocycles. The van der Waals surface area contributed by atoms with Crippen LogP contribution in [0, 0.1) is 30.1 Å². The molecule has 4 fully saturated rings. The predicted octanol–water partition coefficient (Wildman–Crippen LogP) is 12.2. The van der Waals surface area contributed by atoms with Crippen LogP contribution in [-0.2, 0) is 10.8 Å². The number of nitriles is 1. The summed E-state index contributed by atoms with van der Waals surface area (Å²) in [5, 5.41) is 9.24. The first kappa shape index (κ1) is 33.4. The molecule has 6 aromatic carbocycles. The molecule has 1 aromatic heterocycles. The molecule has 1 heterocycles. The fraction of sp³-hybridized carbons (Fsp3) is 0.216. The van der Waals surface area contributed by atoms with Gasteiger partial charge in [-0.15, -0.1) is 0 Å². The molecule has 266 valence electrons. The number of hydrogen-bond acceptors (Lipinski definition) is 4. The molecule has 0 radical (unpaired) electrons. The largest absolute Gasteiger partial charge is 0.208 e. The van der Waals surface area contributed by atoms with Crippen LogP contribution in [0.1, 0.15) is 60.8 Å². The molecule has 55 heavy (non-hydrogen) atoms. The summed E-state index contributed by atoms with van der Waals surface area (Å²) < 4.78 is 0. The minimum atomic E-state index is 0.222. The Morgan fingerprint density at radius 1 is 0.491 bits per heavy atom. The molecule has 0 amide bonds. The van der Waals surface area contributed by atoms with Gasteiger partial charge in [0.05, 0.1) is 11.6 Å². The Kier molecular flexibility index (Phi) is 8.07. The van der Waals surface area contributed by atoms with Gasteiger partial charge in [-0.1, -0.05) is 133 Å². The molecule has 0 N–H and O–H groups in total. The van der Waals surface area contributed by atoms with Crippen molar-refractivity contribution < 1.29 is 0 Å². The summed E-state index contributed by atoms with van der Waals surface area (Å²) in [6.45, 7) is 2.14. The van der Waals surface area contributed by atoms with Crippen molar-refractivity contribution in [1.29, 1.82) is 5.26 Å². The normalized spacial score (nSPS) is 22.3. The van der Waals surface area contributed by atoms with E-state index in [1.54, 1.807) is 0 Å². The van der Waals surface area contributed by atoms with Gasteiger partial charge in [-0.3, -0.25) is 0 Å². The van der Waals surface area contributed by atoms with Crippen LogP contribution in [0.4, 0.5) is 0 Å². The first-order valence-electron chi connectivity index (χ1n) is 19.7. The maximum Gasteiger partial charge on any atom is 0.164 e. The molecule has 11 rings (SSSR count). The van der Waals surface area contributed by atoms with E-state index in [1.165, 1.54) is 66.3 Å². The zero-order chi connectivity index (χ0) is 37.0. The predicted molar refractivity (Wildman–Crippen MR) is 221 cm³/mol. The molecule has 4 heteroatoms. The lowest BCUT2D eigenvalue weighted by Gasteiger charge is -2.63. The van der Waals surface area contributed by atoms with Gasteiger partial charge in [-0.05, 0) is 125 Å². The van der Waals surface area contributed by atoms with Crippen molar-refractivity contribution in [2.45, 2.75) is 56.3 Å². The third kappa shape index (κ3) is 6.05. The summed E-state index contributed by atoms with van der Waals surface area (Å²) in [6.07, 6.45) is 7.82. The van der Waals surface area contributed by atoms with Crippen LogP contribution < -0.4 is 0 Å². The highest BCUT2D eigenvalue weighted by Crippen LogP contribution is 2.66. The Bertz CT molecular complexity index is 2480. The van der Waals surface area contributed by atoms with Gasteiger partial charge in [0.15, 0.2) is 17.5 Å². The Labute approximate surface area is 323 Å². The Morgan fingerprint density at radius 2 is 0.927 bits per heavy atom. The number of aryl methyl sites for hydroxylation is 1. The second-order valence-electron chi connectivity index (χ2n) is 16.4. The van der Waals surface area contributed by atoms with Crippen molar-refractivity contribution in [2.24, 2.45) is 11.8 Å². The third-order valence-electron chi connectivity index (χ3n) is 12.9. The summed E-state index contributed by atoms with van der Waals surface area (Å²) in [4.78, 5) is 15.0. The van der Waals surface area contributed by atoms with E-state index < -0.39 is 0 Å². The lowest BCUT2D eigenvalue weighted by Crippen LogP contribution is -2.55. The SMILES string of the molecule is Cc1ccc(-c2ccc(C34CC5CC(CC(c6ccc(-c7ccc(C#N)cc7)cc6)(C5)C3)C4)cc2)cc1-c1nc(-c2ccccc2)nc(-c2ccccc2)n1. The van der Waals surface area contributed by atoms with Crippen LogP contribution in [0.2, 0.25) is 0 Å². The van der Waals surface area contributed by atoms with Crippen molar-refractivity contribution in [3.8, 4) is 62.5 Å². The maximum absolute atomic E-state index is 9.24. The second kappa shape index (κ2) is 13.3. The Hall–Kier alpha value is -6.18. The van der Waals surface area contributed by atoms with E-state index in [0.29, 0.717) is 23.0 Å². The molecule has 4 nitrogen and oxygen atoms in total. The Morgan fingerprint density at radius 3 is 1.42 bits per heavy atom. The molecule has 0 aliphatic heterocycles. The highest BCUT2D eigenvalue weighted by molar-refractivity contribution is 5.75. The highest BCUT2D eigenvalue weighted by atomic mass is 15.0. The van der Waals surface area contributed by atoms with Gasteiger partial charge in [0, 0.05) is 16.7 Å². The fourth-order valence-electron chi connectivity index (χ4n) is 10.7.